The minimum absolute atomic E-state index is 0.102. The van der Waals surface area contributed by atoms with E-state index in [2.05, 4.69) is 22.0 Å². The molecule has 3 atom stereocenters. The van der Waals surface area contributed by atoms with E-state index in [4.69, 9.17) is 29.0 Å². The maximum atomic E-state index is 10.5. The van der Waals surface area contributed by atoms with Crippen LogP contribution in [0.25, 0.3) is 5.52 Å². The van der Waals surface area contributed by atoms with Crippen molar-refractivity contribution < 1.29 is 28.2 Å². The number of methoxy groups -OCH3 is 1. The van der Waals surface area contributed by atoms with Crippen LogP contribution in [0.3, 0.4) is 0 Å². The molecule has 0 spiro atoms. The molecule has 0 aliphatic carbocycles. The molecule has 3 N–H and O–H groups in total. The summed E-state index contributed by atoms with van der Waals surface area (Å²) < 4.78 is 30.6. The molecule has 0 aromatic carbocycles. The predicted molar refractivity (Wildman–Crippen MR) is 183 cm³/mol. The summed E-state index contributed by atoms with van der Waals surface area (Å²) in [4.78, 5) is 18.9. The van der Waals surface area contributed by atoms with Gasteiger partial charge in [-0.05, 0) is 43.9 Å². The number of anilines is 1. The van der Waals surface area contributed by atoms with Crippen LogP contribution in [-0.2, 0) is 24.9 Å². The lowest BCUT2D eigenvalue weighted by atomic mass is 10.1. The van der Waals surface area contributed by atoms with E-state index in [1.165, 1.54) is 70.5 Å². The molecule has 0 amide bonds. The molecule has 0 bridgehead atoms. The maximum absolute atomic E-state index is 10.5. The second-order valence-electron chi connectivity index (χ2n) is 11.9. The first kappa shape index (κ1) is 38.1. The lowest BCUT2D eigenvalue weighted by Gasteiger charge is -2.21. The Morgan fingerprint density at radius 3 is 2.17 bits per heavy atom. The van der Waals surface area contributed by atoms with E-state index < -0.39 is 14.7 Å². The predicted octanol–water partition coefficient (Wildman–Crippen LogP) is 7.38. The third kappa shape index (κ3) is 15.0. The Bertz CT molecular complexity index is 1200. The molecule has 3 aromatic heterocycles. The molecule has 3 aromatic rings. The molecule has 11 nitrogen and oxygen atoms in total. The van der Waals surface area contributed by atoms with E-state index in [0.717, 1.165) is 29.6 Å². The van der Waals surface area contributed by atoms with Crippen molar-refractivity contribution >= 4 is 19.9 Å². The smallest absolute Gasteiger partial charge is 0.330 e. The van der Waals surface area contributed by atoms with Gasteiger partial charge in [0.25, 0.3) is 0 Å². The molecule has 0 fully saturated rings. The van der Waals surface area contributed by atoms with Gasteiger partial charge in [-0.1, -0.05) is 83.6 Å². The van der Waals surface area contributed by atoms with Gasteiger partial charge in [-0.25, -0.2) is 14.5 Å². The summed E-state index contributed by atoms with van der Waals surface area (Å²) >= 11 is 0. The van der Waals surface area contributed by atoms with Gasteiger partial charge in [-0.2, -0.15) is 5.10 Å². The van der Waals surface area contributed by atoms with E-state index in [1.54, 1.807) is 17.8 Å². The van der Waals surface area contributed by atoms with E-state index in [0.29, 0.717) is 37.8 Å². The molecule has 46 heavy (non-hydrogen) atoms. The second kappa shape index (κ2) is 23.0. The summed E-state index contributed by atoms with van der Waals surface area (Å²) in [7, 11) is -0.513. The van der Waals surface area contributed by atoms with Crippen molar-refractivity contribution in [1.82, 2.24) is 19.6 Å². The number of nitrogen functional groups attached to an aromatic ring is 1. The Kier molecular flexibility index (Phi) is 19.0. The van der Waals surface area contributed by atoms with Crippen molar-refractivity contribution in [3.05, 3.63) is 48.0 Å². The molecule has 0 aliphatic heterocycles. The van der Waals surface area contributed by atoms with Crippen LogP contribution in [0.4, 0.5) is 5.82 Å². The zero-order valence-corrected chi connectivity index (χ0v) is 29.0. The fourth-order valence-electron chi connectivity index (χ4n) is 5.18. The highest BCUT2D eigenvalue weighted by Crippen LogP contribution is 2.33. The van der Waals surface area contributed by atoms with Gasteiger partial charge in [-0.15, -0.1) is 0 Å². The number of hydrogen-bond acceptors (Lipinski definition) is 10. The lowest BCUT2D eigenvalue weighted by molar-refractivity contribution is 0.0119. The average Bonchev–Trinajstić information content (AvgIpc) is 3.49. The van der Waals surface area contributed by atoms with Gasteiger partial charge >= 0.3 is 8.60 Å². The van der Waals surface area contributed by atoms with Crippen molar-refractivity contribution in [2.45, 2.75) is 116 Å². The largest absolute Gasteiger partial charge is 0.469 e. The molecule has 0 aliphatic rings. The van der Waals surface area contributed by atoms with Gasteiger partial charge in [0.2, 0.25) is 5.88 Å². The van der Waals surface area contributed by atoms with Crippen LogP contribution >= 0.6 is 8.60 Å². The molecule has 258 valence electrons. The summed E-state index contributed by atoms with van der Waals surface area (Å²) in [6.07, 6.45) is 19.5. The molecular weight excluding hydrogens is 605 g/mol. The first-order valence-electron chi connectivity index (χ1n) is 17.0. The number of ether oxygens (including phenoxy) is 3. The van der Waals surface area contributed by atoms with Gasteiger partial charge in [0, 0.05) is 31.7 Å². The van der Waals surface area contributed by atoms with Crippen LogP contribution in [0.2, 0.25) is 0 Å². The Morgan fingerprint density at radius 2 is 1.52 bits per heavy atom. The molecule has 0 saturated heterocycles. The fraction of sp³-hybridized carbons (Fsp3) is 0.676. The number of hydrogen-bond donors (Lipinski definition) is 2. The summed E-state index contributed by atoms with van der Waals surface area (Å²) in [6, 6.07) is 7.64. The average molecular weight is 662 g/mol. The van der Waals surface area contributed by atoms with E-state index in [9.17, 15) is 4.89 Å². The number of nitrogens with two attached hydrogens (primary N) is 1. The van der Waals surface area contributed by atoms with Crippen LogP contribution in [0.15, 0.2) is 36.8 Å². The highest BCUT2D eigenvalue weighted by molar-refractivity contribution is 7.40. The summed E-state index contributed by atoms with van der Waals surface area (Å²) in [5, 5.41) is 4.29. The van der Waals surface area contributed by atoms with Gasteiger partial charge in [-0.3, -0.25) is 0 Å². The summed E-state index contributed by atoms with van der Waals surface area (Å²) in [6.45, 7) is 5.51. The summed E-state index contributed by atoms with van der Waals surface area (Å²) in [5.41, 5.74) is 8.74. The molecule has 3 heterocycles. The normalized spacial score (nSPS) is 13.7. The van der Waals surface area contributed by atoms with Crippen LogP contribution in [0.1, 0.15) is 102 Å². The first-order valence-corrected chi connectivity index (χ1v) is 18.1. The standard InChI is InChI=1S/C34H56N5O6P/c1-4-5-6-7-8-9-10-11-12-13-14-15-22-42-24-31(45-33-21-16-28(2)23-36-33)26-44-46(40)43-25-30(41-3)19-17-29-18-20-32-34(35)37-27-38-39(29)32/h16,18,20-21,23,27,30-31,40H,4-15,17,19,22,24-26H2,1-3H3,(H2,35,37,38). The van der Waals surface area contributed by atoms with Crippen LogP contribution < -0.4 is 10.5 Å². The highest BCUT2D eigenvalue weighted by atomic mass is 31.2. The SMILES string of the molecule is CCCCCCCCCCCCCCOCC(COP(O)OCC(CCc1ccc2c(N)ncnn12)OC)Oc1ccc(C)cn1. The number of aryl methyl sites for hydroxylation is 2. The quantitative estimate of drug-likeness (QED) is 0.0629. The Labute approximate surface area is 276 Å². The third-order valence-corrected chi connectivity index (χ3v) is 8.72. The number of nitrogens with zero attached hydrogens (tertiary/aromatic N) is 4. The van der Waals surface area contributed by atoms with Gasteiger partial charge in [0.1, 0.15) is 17.9 Å². The van der Waals surface area contributed by atoms with Crippen molar-refractivity contribution in [1.29, 1.82) is 0 Å². The Morgan fingerprint density at radius 1 is 0.848 bits per heavy atom. The molecular formula is C34H56N5O6P. The van der Waals surface area contributed by atoms with Crippen molar-refractivity contribution in [3.63, 3.8) is 0 Å². The lowest BCUT2D eigenvalue weighted by Crippen LogP contribution is -2.29. The van der Waals surface area contributed by atoms with E-state index >= 15 is 0 Å². The Balaban J connectivity index is 1.32. The topological polar surface area (TPSA) is 135 Å². The van der Waals surface area contributed by atoms with Crippen LogP contribution in [0, 0.1) is 6.92 Å². The molecule has 0 saturated carbocycles. The zero-order chi connectivity index (χ0) is 32.8. The zero-order valence-electron chi connectivity index (χ0n) is 28.1. The molecule has 3 unspecified atom stereocenters. The monoisotopic (exact) mass is 661 g/mol. The van der Waals surface area contributed by atoms with E-state index in [-0.39, 0.29) is 19.3 Å². The number of aromatic nitrogens is 4. The van der Waals surface area contributed by atoms with Crippen LogP contribution in [-0.4, -0.2) is 70.2 Å². The van der Waals surface area contributed by atoms with Crippen molar-refractivity contribution in [2.75, 3.05) is 39.3 Å². The molecule has 12 heteroatoms. The Hall–Kier alpha value is -2.40. The molecule has 3 rings (SSSR count). The number of rotatable bonds is 27. The van der Waals surface area contributed by atoms with Crippen molar-refractivity contribution in [2.24, 2.45) is 0 Å². The third-order valence-electron chi connectivity index (χ3n) is 7.98. The minimum Gasteiger partial charge on any atom is -0.469 e. The number of pyridine rings is 1. The second-order valence-corrected chi connectivity index (χ2v) is 12.9. The van der Waals surface area contributed by atoms with Crippen LogP contribution in [0.5, 0.6) is 5.88 Å². The first-order chi connectivity index (χ1) is 22.5. The number of unbranched alkanes of at least 4 members (excludes halogenated alkanes) is 11. The fourth-order valence-corrected chi connectivity index (χ4v) is 5.84. The van der Waals surface area contributed by atoms with E-state index in [1.807, 2.05) is 31.2 Å². The van der Waals surface area contributed by atoms with Crippen molar-refractivity contribution in [3.8, 4) is 5.88 Å². The highest BCUT2D eigenvalue weighted by Gasteiger charge is 2.19. The summed E-state index contributed by atoms with van der Waals surface area (Å²) in [5.74, 6) is 0.923. The maximum Gasteiger partial charge on any atom is 0.330 e. The van der Waals surface area contributed by atoms with Gasteiger partial charge in [0.05, 0.1) is 25.9 Å². The van der Waals surface area contributed by atoms with Gasteiger partial charge in [0.15, 0.2) is 5.82 Å². The number of fused-ring (bicyclic) bond motifs is 1. The molecule has 0 radical (unpaired) electrons. The minimum atomic E-state index is -2.14. The van der Waals surface area contributed by atoms with Gasteiger partial charge < -0.3 is 33.9 Å².